The first-order valence-electron chi connectivity index (χ1n) is 9.03. The van der Waals surface area contributed by atoms with Gasteiger partial charge in [0.25, 0.3) is 10.0 Å². The van der Waals surface area contributed by atoms with Crippen molar-refractivity contribution in [1.29, 1.82) is 0 Å². The molecule has 0 fully saturated rings. The molecule has 3 aromatic rings. The minimum absolute atomic E-state index is 0.205. The zero-order chi connectivity index (χ0) is 20.0. The van der Waals surface area contributed by atoms with E-state index in [-0.39, 0.29) is 4.90 Å². The summed E-state index contributed by atoms with van der Waals surface area (Å²) in [5.41, 5.74) is 3.50. The third kappa shape index (κ3) is 5.04. The van der Waals surface area contributed by atoms with E-state index >= 15 is 0 Å². The van der Waals surface area contributed by atoms with Crippen molar-refractivity contribution in [2.45, 2.75) is 18.2 Å². The van der Waals surface area contributed by atoms with Gasteiger partial charge in [0.15, 0.2) is 0 Å². The van der Waals surface area contributed by atoms with Gasteiger partial charge in [0.2, 0.25) is 0 Å². The number of anilines is 2. The van der Waals surface area contributed by atoms with E-state index in [1.54, 1.807) is 31.4 Å². The Morgan fingerprint density at radius 3 is 2.21 bits per heavy atom. The number of aryl methyl sites for hydroxylation is 1. The van der Waals surface area contributed by atoms with Gasteiger partial charge in [-0.05, 0) is 66.9 Å². The van der Waals surface area contributed by atoms with E-state index in [9.17, 15) is 8.42 Å². The van der Waals surface area contributed by atoms with Crippen LogP contribution in [0.5, 0.6) is 5.75 Å². The topological polar surface area (TPSA) is 67.4 Å². The normalized spacial score (nSPS) is 11.1. The van der Waals surface area contributed by atoms with Gasteiger partial charge in [0, 0.05) is 17.9 Å². The molecule has 0 saturated heterocycles. The van der Waals surface area contributed by atoms with Crippen molar-refractivity contribution in [3.05, 3.63) is 83.9 Å². The van der Waals surface area contributed by atoms with E-state index in [1.807, 2.05) is 37.3 Å². The maximum Gasteiger partial charge on any atom is 0.261 e. The van der Waals surface area contributed by atoms with Crippen molar-refractivity contribution >= 4 is 21.4 Å². The lowest BCUT2D eigenvalue weighted by Crippen LogP contribution is -2.13. The molecule has 146 valence electrons. The molecule has 0 aliphatic heterocycles. The SMILES string of the molecule is COc1ccc(S(=O)(=O)Nc2ccc(NCCc3ccccc3)cc2)cc1C. The van der Waals surface area contributed by atoms with Crippen LogP contribution in [0.25, 0.3) is 0 Å². The third-order valence-corrected chi connectivity index (χ3v) is 5.78. The average molecular weight is 397 g/mol. The van der Waals surface area contributed by atoms with Crippen LogP contribution in [0, 0.1) is 6.92 Å². The first-order chi connectivity index (χ1) is 13.5. The van der Waals surface area contributed by atoms with Crippen LogP contribution in [0.1, 0.15) is 11.1 Å². The molecule has 0 atom stereocenters. The zero-order valence-electron chi connectivity index (χ0n) is 16.0. The zero-order valence-corrected chi connectivity index (χ0v) is 16.8. The smallest absolute Gasteiger partial charge is 0.261 e. The molecule has 0 bridgehead atoms. The van der Waals surface area contributed by atoms with Gasteiger partial charge in [-0.15, -0.1) is 0 Å². The molecule has 0 aliphatic rings. The Hall–Kier alpha value is -2.99. The number of benzene rings is 3. The van der Waals surface area contributed by atoms with E-state index in [4.69, 9.17) is 4.74 Å². The number of hydrogen-bond donors (Lipinski definition) is 2. The summed E-state index contributed by atoms with van der Waals surface area (Å²) in [6, 6.07) is 22.3. The fourth-order valence-electron chi connectivity index (χ4n) is 2.88. The maximum absolute atomic E-state index is 12.6. The molecule has 6 heteroatoms. The van der Waals surface area contributed by atoms with E-state index in [0.29, 0.717) is 11.4 Å². The fourth-order valence-corrected chi connectivity index (χ4v) is 4.03. The summed E-state index contributed by atoms with van der Waals surface area (Å²) in [6.07, 6.45) is 0.923. The highest BCUT2D eigenvalue weighted by molar-refractivity contribution is 7.92. The summed E-state index contributed by atoms with van der Waals surface area (Å²) < 4.78 is 33.0. The summed E-state index contributed by atoms with van der Waals surface area (Å²) in [5.74, 6) is 0.657. The highest BCUT2D eigenvalue weighted by Crippen LogP contribution is 2.23. The van der Waals surface area contributed by atoms with Gasteiger partial charge < -0.3 is 10.1 Å². The molecule has 5 nitrogen and oxygen atoms in total. The largest absolute Gasteiger partial charge is 0.496 e. The summed E-state index contributed by atoms with van der Waals surface area (Å²) in [5, 5.41) is 3.34. The first kappa shape index (κ1) is 19.8. The van der Waals surface area contributed by atoms with E-state index in [0.717, 1.165) is 24.2 Å². The molecule has 0 unspecified atom stereocenters. The van der Waals surface area contributed by atoms with Gasteiger partial charge in [-0.2, -0.15) is 0 Å². The maximum atomic E-state index is 12.6. The standard InChI is InChI=1S/C22H24N2O3S/c1-17-16-21(12-13-22(17)27-2)28(25,26)24-20-10-8-19(9-11-20)23-15-14-18-6-4-3-5-7-18/h3-13,16,23-24H,14-15H2,1-2H3. The molecule has 28 heavy (non-hydrogen) atoms. The number of ether oxygens (including phenoxy) is 1. The second kappa shape index (κ2) is 8.80. The summed E-state index contributed by atoms with van der Waals surface area (Å²) in [6.45, 7) is 2.62. The monoisotopic (exact) mass is 396 g/mol. The Kier molecular flexibility index (Phi) is 6.21. The van der Waals surface area contributed by atoms with E-state index in [1.165, 1.54) is 11.6 Å². The molecule has 0 aliphatic carbocycles. The van der Waals surface area contributed by atoms with Gasteiger partial charge in [-0.25, -0.2) is 8.42 Å². The average Bonchev–Trinajstić information content (AvgIpc) is 2.70. The second-order valence-electron chi connectivity index (χ2n) is 6.48. The Balaban J connectivity index is 1.60. The molecule has 3 rings (SSSR count). The molecular formula is C22H24N2O3S. The van der Waals surface area contributed by atoms with E-state index < -0.39 is 10.0 Å². The molecule has 0 saturated carbocycles. The predicted octanol–water partition coefficient (Wildman–Crippen LogP) is 4.46. The number of sulfonamides is 1. The Labute approximate surface area is 166 Å². The van der Waals surface area contributed by atoms with Gasteiger partial charge in [-0.3, -0.25) is 4.72 Å². The van der Waals surface area contributed by atoms with Crippen LogP contribution in [0.3, 0.4) is 0 Å². The quantitative estimate of drug-likeness (QED) is 0.590. The van der Waals surface area contributed by atoms with Gasteiger partial charge >= 0.3 is 0 Å². The summed E-state index contributed by atoms with van der Waals surface area (Å²) >= 11 is 0. The van der Waals surface area contributed by atoms with Crippen LogP contribution >= 0.6 is 0 Å². The molecule has 0 amide bonds. The number of nitrogens with one attached hydrogen (secondary N) is 2. The highest BCUT2D eigenvalue weighted by atomic mass is 32.2. The number of hydrogen-bond acceptors (Lipinski definition) is 4. The fraction of sp³-hybridized carbons (Fsp3) is 0.182. The molecule has 0 spiro atoms. The van der Waals surface area contributed by atoms with Crippen LogP contribution in [0.15, 0.2) is 77.7 Å². The van der Waals surface area contributed by atoms with Gasteiger partial charge in [-0.1, -0.05) is 30.3 Å². The van der Waals surface area contributed by atoms with Crippen molar-refractivity contribution in [1.82, 2.24) is 0 Å². The van der Waals surface area contributed by atoms with Gasteiger partial charge in [0.1, 0.15) is 5.75 Å². The number of methoxy groups -OCH3 is 1. The van der Waals surface area contributed by atoms with Crippen LogP contribution in [0.4, 0.5) is 11.4 Å². The second-order valence-corrected chi connectivity index (χ2v) is 8.16. The molecular weight excluding hydrogens is 372 g/mol. The van der Waals surface area contributed by atoms with Gasteiger partial charge in [0.05, 0.1) is 12.0 Å². The molecule has 2 N–H and O–H groups in total. The molecule has 0 aromatic heterocycles. The van der Waals surface area contributed by atoms with Crippen molar-refractivity contribution in [3.8, 4) is 5.75 Å². The third-order valence-electron chi connectivity index (χ3n) is 4.40. The Morgan fingerprint density at radius 1 is 0.893 bits per heavy atom. The van der Waals surface area contributed by atoms with Crippen LogP contribution in [0.2, 0.25) is 0 Å². The Bertz CT molecular complexity index is 1020. The first-order valence-corrected chi connectivity index (χ1v) is 10.5. The summed E-state index contributed by atoms with van der Waals surface area (Å²) in [4.78, 5) is 0.205. The lowest BCUT2D eigenvalue weighted by Gasteiger charge is -2.12. The predicted molar refractivity (Wildman–Crippen MR) is 114 cm³/mol. The van der Waals surface area contributed by atoms with E-state index in [2.05, 4.69) is 22.2 Å². The molecule has 0 heterocycles. The molecule has 0 radical (unpaired) electrons. The van der Waals surface area contributed by atoms with Crippen LogP contribution in [-0.2, 0) is 16.4 Å². The van der Waals surface area contributed by atoms with Crippen LogP contribution < -0.4 is 14.8 Å². The minimum Gasteiger partial charge on any atom is -0.496 e. The lowest BCUT2D eigenvalue weighted by atomic mass is 10.1. The van der Waals surface area contributed by atoms with Crippen molar-refractivity contribution in [3.63, 3.8) is 0 Å². The summed E-state index contributed by atoms with van der Waals surface area (Å²) in [7, 11) is -2.09. The van der Waals surface area contributed by atoms with Crippen LogP contribution in [-0.4, -0.2) is 22.1 Å². The number of rotatable bonds is 8. The van der Waals surface area contributed by atoms with Crippen molar-refractivity contribution < 1.29 is 13.2 Å². The highest BCUT2D eigenvalue weighted by Gasteiger charge is 2.15. The van der Waals surface area contributed by atoms with Crippen molar-refractivity contribution in [2.75, 3.05) is 23.7 Å². The molecule has 3 aromatic carbocycles. The minimum atomic E-state index is -3.65. The van der Waals surface area contributed by atoms with Crippen molar-refractivity contribution in [2.24, 2.45) is 0 Å². The Morgan fingerprint density at radius 2 is 1.57 bits per heavy atom. The lowest BCUT2D eigenvalue weighted by molar-refractivity contribution is 0.411.